The molecule has 140 valence electrons. The molecule has 4 atom stereocenters. The molecule has 3 amide bonds. The number of hydrogen-bond donors (Lipinski definition) is 0. The van der Waals surface area contributed by atoms with Gasteiger partial charge >= 0.3 is 0 Å². The fourth-order valence-electron chi connectivity index (χ4n) is 4.87. The lowest BCUT2D eigenvalue weighted by Gasteiger charge is -2.19. The van der Waals surface area contributed by atoms with Crippen molar-refractivity contribution in [1.29, 1.82) is 0 Å². The van der Waals surface area contributed by atoms with Crippen LogP contribution in [0.5, 0.6) is 0 Å². The number of carbonyl (C=O) groups is 3. The van der Waals surface area contributed by atoms with Crippen molar-refractivity contribution in [3.63, 3.8) is 0 Å². The van der Waals surface area contributed by atoms with Crippen molar-refractivity contribution >= 4 is 29.1 Å². The summed E-state index contributed by atoms with van der Waals surface area (Å²) in [5, 5.41) is 0. The van der Waals surface area contributed by atoms with Gasteiger partial charge in [0.1, 0.15) is 0 Å². The molecule has 1 aliphatic heterocycles. The lowest BCUT2D eigenvalue weighted by molar-refractivity contribution is -0.123. The third-order valence-corrected chi connectivity index (χ3v) is 6.29. The second kappa shape index (κ2) is 6.16. The molecule has 2 aromatic rings. The van der Waals surface area contributed by atoms with Gasteiger partial charge in [-0.3, -0.25) is 19.3 Å². The van der Waals surface area contributed by atoms with Crippen LogP contribution in [0.2, 0.25) is 0 Å². The number of allylic oxidation sites excluding steroid dienone is 2. The highest BCUT2D eigenvalue weighted by molar-refractivity contribution is 6.23. The number of hydrogen-bond acceptors (Lipinski definition) is 3. The SMILES string of the molecule is CN(C(=O)c1ccc(N2C(=O)[C@@H]3[C@@H](C2=O)[C@H]2C=C[C@@H]3C2)cc1)c1ccccc1. The van der Waals surface area contributed by atoms with E-state index in [9.17, 15) is 14.4 Å². The zero-order valence-electron chi connectivity index (χ0n) is 15.5. The van der Waals surface area contributed by atoms with Gasteiger partial charge in [-0.15, -0.1) is 0 Å². The number of amides is 3. The topological polar surface area (TPSA) is 57.7 Å². The van der Waals surface area contributed by atoms with E-state index in [1.54, 1.807) is 36.2 Å². The van der Waals surface area contributed by atoms with Crippen molar-refractivity contribution in [3.05, 3.63) is 72.3 Å². The highest BCUT2D eigenvalue weighted by Crippen LogP contribution is 2.53. The molecule has 2 bridgehead atoms. The van der Waals surface area contributed by atoms with Crippen LogP contribution >= 0.6 is 0 Å². The molecule has 2 aromatic carbocycles. The first kappa shape index (κ1) is 16.9. The smallest absolute Gasteiger partial charge is 0.258 e. The molecule has 0 unspecified atom stereocenters. The fourth-order valence-corrected chi connectivity index (χ4v) is 4.87. The number of para-hydroxylation sites is 1. The molecular weight excluding hydrogens is 352 g/mol. The van der Waals surface area contributed by atoms with E-state index in [1.165, 1.54) is 4.90 Å². The maximum atomic E-state index is 12.9. The summed E-state index contributed by atoms with van der Waals surface area (Å²) in [6.07, 6.45) is 5.09. The molecule has 0 N–H and O–H groups in total. The first-order valence-corrected chi connectivity index (χ1v) is 9.55. The van der Waals surface area contributed by atoms with Crippen LogP contribution in [0.4, 0.5) is 11.4 Å². The van der Waals surface area contributed by atoms with E-state index in [0.29, 0.717) is 11.3 Å². The Kier molecular flexibility index (Phi) is 3.72. The van der Waals surface area contributed by atoms with Crippen molar-refractivity contribution in [2.24, 2.45) is 23.7 Å². The second-order valence-electron chi connectivity index (χ2n) is 7.76. The Morgan fingerprint density at radius 2 is 1.46 bits per heavy atom. The molecule has 28 heavy (non-hydrogen) atoms. The molecule has 0 radical (unpaired) electrons. The quantitative estimate of drug-likeness (QED) is 0.614. The summed E-state index contributed by atoms with van der Waals surface area (Å²) >= 11 is 0. The van der Waals surface area contributed by atoms with Crippen molar-refractivity contribution in [3.8, 4) is 0 Å². The van der Waals surface area contributed by atoms with Gasteiger partial charge in [0.2, 0.25) is 11.8 Å². The summed E-state index contributed by atoms with van der Waals surface area (Å²) in [5.74, 6) is -0.398. The van der Waals surface area contributed by atoms with Gasteiger partial charge in [0, 0.05) is 18.3 Å². The summed E-state index contributed by atoms with van der Waals surface area (Å²) in [6.45, 7) is 0. The lowest BCUT2D eigenvalue weighted by atomic mass is 9.85. The molecular formula is C23H20N2O3. The van der Waals surface area contributed by atoms with Gasteiger partial charge < -0.3 is 4.90 Å². The van der Waals surface area contributed by atoms with Crippen LogP contribution in [0, 0.1) is 23.7 Å². The van der Waals surface area contributed by atoms with E-state index in [4.69, 9.17) is 0 Å². The Hall–Kier alpha value is -3.21. The van der Waals surface area contributed by atoms with E-state index >= 15 is 0 Å². The van der Waals surface area contributed by atoms with Gasteiger partial charge in [0.25, 0.3) is 5.91 Å². The number of carbonyl (C=O) groups excluding carboxylic acids is 3. The average molecular weight is 372 g/mol. The van der Waals surface area contributed by atoms with Crippen molar-refractivity contribution in [1.82, 2.24) is 0 Å². The van der Waals surface area contributed by atoms with E-state index in [0.717, 1.165) is 12.1 Å². The van der Waals surface area contributed by atoms with Crippen molar-refractivity contribution in [2.45, 2.75) is 6.42 Å². The zero-order valence-corrected chi connectivity index (χ0v) is 15.5. The largest absolute Gasteiger partial charge is 0.311 e. The Bertz CT molecular complexity index is 966. The van der Waals surface area contributed by atoms with Crippen LogP contribution < -0.4 is 9.80 Å². The standard InChI is InChI=1S/C23H20N2O3/c1-24(17-5-3-2-4-6-17)21(26)14-9-11-18(12-10-14)25-22(27)19-15-7-8-16(13-15)20(19)23(25)28/h2-12,15-16,19-20H,13H2,1H3/t15-,16+,19-,20-/m0/s1. The van der Waals surface area contributed by atoms with Crippen molar-refractivity contribution < 1.29 is 14.4 Å². The summed E-state index contributed by atoms with van der Waals surface area (Å²) in [6, 6.07) is 16.1. The third kappa shape index (κ3) is 2.35. The monoisotopic (exact) mass is 372 g/mol. The van der Waals surface area contributed by atoms with E-state index in [-0.39, 0.29) is 41.4 Å². The normalized spacial score (nSPS) is 27.4. The van der Waals surface area contributed by atoms with Gasteiger partial charge in [0.05, 0.1) is 17.5 Å². The number of rotatable bonds is 3. The minimum atomic E-state index is -0.215. The number of imide groups is 1. The highest BCUT2D eigenvalue weighted by atomic mass is 16.2. The highest BCUT2D eigenvalue weighted by Gasteiger charge is 2.59. The Morgan fingerprint density at radius 3 is 2.04 bits per heavy atom. The number of nitrogens with zero attached hydrogens (tertiary/aromatic N) is 2. The van der Waals surface area contributed by atoms with Crippen LogP contribution in [0.1, 0.15) is 16.8 Å². The lowest BCUT2D eigenvalue weighted by Crippen LogP contribution is -2.33. The van der Waals surface area contributed by atoms with Crippen LogP contribution in [0.15, 0.2) is 66.7 Å². The van der Waals surface area contributed by atoms with Gasteiger partial charge in [0.15, 0.2) is 0 Å². The average Bonchev–Trinajstić information content (AvgIpc) is 3.41. The summed E-state index contributed by atoms with van der Waals surface area (Å²) < 4.78 is 0. The Balaban J connectivity index is 1.38. The van der Waals surface area contributed by atoms with E-state index < -0.39 is 0 Å². The maximum Gasteiger partial charge on any atom is 0.258 e. The maximum absolute atomic E-state index is 12.9. The van der Waals surface area contributed by atoms with Crippen LogP contribution in [-0.2, 0) is 9.59 Å². The zero-order chi connectivity index (χ0) is 19.4. The molecule has 5 nitrogen and oxygen atoms in total. The predicted octanol–water partition coefficient (Wildman–Crippen LogP) is 3.27. The number of benzene rings is 2. The first-order valence-electron chi connectivity index (χ1n) is 9.55. The molecule has 5 rings (SSSR count). The first-order chi connectivity index (χ1) is 13.6. The van der Waals surface area contributed by atoms with Crippen molar-refractivity contribution in [2.75, 3.05) is 16.8 Å². The van der Waals surface area contributed by atoms with Gasteiger partial charge in [-0.25, -0.2) is 0 Å². The van der Waals surface area contributed by atoms with Gasteiger partial charge in [-0.2, -0.15) is 0 Å². The van der Waals surface area contributed by atoms with E-state index in [1.807, 2.05) is 30.3 Å². The Morgan fingerprint density at radius 1 is 0.893 bits per heavy atom. The van der Waals surface area contributed by atoms with Gasteiger partial charge in [-0.05, 0) is 54.7 Å². The van der Waals surface area contributed by atoms with Crippen LogP contribution in [0.25, 0.3) is 0 Å². The molecule has 5 heteroatoms. The van der Waals surface area contributed by atoms with Crippen LogP contribution in [0.3, 0.4) is 0 Å². The van der Waals surface area contributed by atoms with Gasteiger partial charge in [-0.1, -0.05) is 30.4 Å². The molecule has 2 aliphatic carbocycles. The molecule has 1 saturated carbocycles. The minimum absolute atomic E-state index is 0.104. The molecule has 3 aliphatic rings. The summed E-state index contributed by atoms with van der Waals surface area (Å²) in [4.78, 5) is 41.4. The minimum Gasteiger partial charge on any atom is -0.311 e. The number of anilines is 2. The van der Waals surface area contributed by atoms with Crippen LogP contribution in [-0.4, -0.2) is 24.8 Å². The molecule has 0 aromatic heterocycles. The summed E-state index contributed by atoms with van der Waals surface area (Å²) in [7, 11) is 1.73. The second-order valence-corrected chi connectivity index (χ2v) is 7.76. The molecule has 1 saturated heterocycles. The van der Waals surface area contributed by atoms with E-state index in [2.05, 4.69) is 12.2 Å². The molecule has 1 heterocycles. The summed E-state index contributed by atoms with van der Waals surface area (Å²) in [5.41, 5.74) is 1.86. The number of fused-ring (bicyclic) bond motifs is 5. The fraction of sp³-hybridized carbons (Fsp3) is 0.261. The Labute approximate surface area is 163 Å². The third-order valence-electron chi connectivity index (χ3n) is 6.29. The molecule has 2 fully saturated rings. The predicted molar refractivity (Wildman–Crippen MR) is 106 cm³/mol. The molecule has 0 spiro atoms.